The van der Waals surface area contributed by atoms with Crippen molar-refractivity contribution in [2.75, 3.05) is 20.2 Å². The van der Waals surface area contributed by atoms with Gasteiger partial charge in [0.2, 0.25) is 5.91 Å². The van der Waals surface area contributed by atoms with Crippen molar-refractivity contribution in [1.29, 1.82) is 0 Å². The Kier molecular flexibility index (Phi) is 4.32. The zero-order valence-corrected chi connectivity index (χ0v) is 11.2. The largest absolute Gasteiger partial charge is 0.469 e. The normalized spacial score (nSPS) is 19.9. The quantitative estimate of drug-likeness (QED) is 0.682. The number of likely N-dealkylation sites (tertiary alicyclic amines) is 1. The zero-order chi connectivity index (χ0) is 13.9. The minimum absolute atomic E-state index is 0.0927. The monoisotopic (exact) mass is 257 g/mol. The molecule has 18 heavy (non-hydrogen) atoms. The molecule has 0 saturated carbocycles. The average molecular weight is 257 g/mol. The Balaban J connectivity index is 2.51. The summed E-state index contributed by atoms with van der Waals surface area (Å²) in [7, 11) is 1.28. The minimum atomic E-state index is -0.582. The van der Waals surface area contributed by atoms with Gasteiger partial charge in [0.25, 0.3) is 0 Å². The highest BCUT2D eigenvalue weighted by Gasteiger charge is 2.36. The lowest BCUT2D eigenvalue weighted by Crippen LogP contribution is -2.36. The van der Waals surface area contributed by atoms with E-state index in [4.69, 9.17) is 4.74 Å². The molecule has 0 aromatic rings. The molecule has 1 rings (SSSR count). The summed E-state index contributed by atoms with van der Waals surface area (Å²) in [5.41, 5.74) is -0.582. The Morgan fingerprint density at radius 3 is 2.50 bits per heavy atom. The molecule has 6 heteroatoms. The van der Waals surface area contributed by atoms with Crippen LogP contribution in [-0.2, 0) is 23.9 Å². The highest BCUT2D eigenvalue weighted by Crippen LogP contribution is 2.19. The number of methoxy groups -OCH3 is 1. The average Bonchev–Trinajstić information content (AvgIpc) is 2.56. The standard InChI is InChI=1S/C12H19NO5/c1-12(2,3)18-10(15)7-13-6-8(5-9(13)14)11(16)17-4/h8H,5-7H2,1-4H3. The van der Waals surface area contributed by atoms with Gasteiger partial charge in [0.05, 0.1) is 13.0 Å². The fraction of sp³-hybridized carbons (Fsp3) is 0.750. The maximum Gasteiger partial charge on any atom is 0.326 e. The lowest BCUT2D eigenvalue weighted by Gasteiger charge is -2.22. The molecule has 1 heterocycles. The number of carbonyl (C=O) groups excluding carboxylic acids is 3. The molecule has 6 nitrogen and oxygen atoms in total. The third kappa shape index (κ3) is 4.01. The highest BCUT2D eigenvalue weighted by molar-refractivity contribution is 5.89. The van der Waals surface area contributed by atoms with Gasteiger partial charge < -0.3 is 14.4 Å². The lowest BCUT2D eigenvalue weighted by molar-refractivity contribution is -0.158. The van der Waals surface area contributed by atoms with Crippen molar-refractivity contribution in [3.05, 3.63) is 0 Å². The third-order valence-electron chi connectivity index (χ3n) is 2.49. The summed E-state index contributed by atoms with van der Waals surface area (Å²) < 4.78 is 9.70. The molecule has 1 fully saturated rings. The van der Waals surface area contributed by atoms with Gasteiger partial charge in [0, 0.05) is 13.0 Å². The fourth-order valence-corrected chi connectivity index (χ4v) is 1.78. The number of hydrogen-bond donors (Lipinski definition) is 0. The summed E-state index contributed by atoms with van der Waals surface area (Å²) in [6.07, 6.45) is 0.0927. The first-order chi connectivity index (χ1) is 8.23. The SMILES string of the molecule is COC(=O)C1CC(=O)N(CC(=O)OC(C)(C)C)C1. The Hall–Kier alpha value is -1.59. The van der Waals surface area contributed by atoms with E-state index in [-0.39, 0.29) is 25.4 Å². The van der Waals surface area contributed by atoms with Gasteiger partial charge in [-0.15, -0.1) is 0 Å². The van der Waals surface area contributed by atoms with Crippen molar-refractivity contribution >= 4 is 17.8 Å². The molecule has 0 spiro atoms. The molecule has 1 unspecified atom stereocenters. The number of carbonyl (C=O) groups is 3. The number of rotatable bonds is 3. The summed E-state index contributed by atoms with van der Waals surface area (Å²) in [6, 6.07) is 0. The Labute approximate surface area is 106 Å². The summed E-state index contributed by atoms with van der Waals surface area (Å²) in [5.74, 6) is -1.60. The zero-order valence-electron chi connectivity index (χ0n) is 11.2. The lowest BCUT2D eigenvalue weighted by atomic mass is 10.1. The van der Waals surface area contributed by atoms with E-state index in [1.165, 1.54) is 12.0 Å². The minimum Gasteiger partial charge on any atom is -0.469 e. The summed E-state index contributed by atoms with van der Waals surface area (Å²) >= 11 is 0. The van der Waals surface area contributed by atoms with Crippen LogP contribution in [0.1, 0.15) is 27.2 Å². The highest BCUT2D eigenvalue weighted by atomic mass is 16.6. The molecule has 102 valence electrons. The van der Waals surface area contributed by atoms with Crippen LogP contribution in [0.4, 0.5) is 0 Å². The second-order valence-corrected chi connectivity index (χ2v) is 5.28. The number of hydrogen-bond acceptors (Lipinski definition) is 5. The van der Waals surface area contributed by atoms with Crippen molar-refractivity contribution in [2.24, 2.45) is 5.92 Å². The number of ether oxygens (including phenoxy) is 2. The molecular formula is C12H19NO5. The van der Waals surface area contributed by atoms with Crippen LogP contribution in [0.5, 0.6) is 0 Å². The van der Waals surface area contributed by atoms with Crippen LogP contribution in [0.2, 0.25) is 0 Å². The second kappa shape index (κ2) is 5.37. The number of amides is 1. The van der Waals surface area contributed by atoms with E-state index in [0.717, 1.165) is 0 Å². The first-order valence-corrected chi connectivity index (χ1v) is 5.80. The van der Waals surface area contributed by atoms with Crippen molar-refractivity contribution in [3.8, 4) is 0 Å². The molecular weight excluding hydrogens is 238 g/mol. The molecule has 0 aromatic carbocycles. The second-order valence-electron chi connectivity index (χ2n) is 5.28. The van der Waals surface area contributed by atoms with Gasteiger partial charge in [-0.3, -0.25) is 14.4 Å². The smallest absolute Gasteiger partial charge is 0.326 e. The summed E-state index contributed by atoms with van der Waals surface area (Å²) in [5, 5.41) is 0. The van der Waals surface area contributed by atoms with Crippen LogP contribution >= 0.6 is 0 Å². The molecule has 0 aliphatic carbocycles. The molecule has 1 saturated heterocycles. The molecule has 0 bridgehead atoms. The van der Waals surface area contributed by atoms with Crippen LogP contribution in [0.3, 0.4) is 0 Å². The van der Waals surface area contributed by atoms with Crippen molar-refractivity contribution < 1.29 is 23.9 Å². The number of nitrogens with zero attached hydrogens (tertiary/aromatic N) is 1. The Bertz CT molecular complexity index is 358. The molecule has 1 atom stereocenters. The molecule has 0 radical (unpaired) electrons. The van der Waals surface area contributed by atoms with E-state index < -0.39 is 23.5 Å². The molecule has 0 N–H and O–H groups in total. The van der Waals surface area contributed by atoms with Gasteiger partial charge in [0.15, 0.2) is 0 Å². The summed E-state index contributed by atoms with van der Waals surface area (Å²) in [4.78, 5) is 35.8. The molecule has 1 aliphatic heterocycles. The third-order valence-corrected chi connectivity index (χ3v) is 2.49. The first-order valence-electron chi connectivity index (χ1n) is 5.80. The van der Waals surface area contributed by atoms with Crippen LogP contribution in [-0.4, -0.2) is 48.5 Å². The summed E-state index contributed by atoms with van der Waals surface area (Å²) in [6.45, 7) is 5.37. The van der Waals surface area contributed by atoms with Gasteiger partial charge >= 0.3 is 11.9 Å². The van der Waals surface area contributed by atoms with Crippen LogP contribution < -0.4 is 0 Å². The van der Waals surface area contributed by atoms with Gasteiger partial charge in [-0.1, -0.05) is 0 Å². The molecule has 0 aromatic heterocycles. The van der Waals surface area contributed by atoms with E-state index in [1.807, 2.05) is 0 Å². The van der Waals surface area contributed by atoms with Gasteiger partial charge in [-0.05, 0) is 20.8 Å². The van der Waals surface area contributed by atoms with Crippen molar-refractivity contribution in [1.82, 2.24) is 4.90 Å². The van der Waals surface area contributed by atoms with Crippen LogP contribution in [0.15, 0.2) is 0 Å². The van der Waals surface area contributed by atoms with E-state index in [1.54, 1.807) is 20.8 Å². The molecule has 1 aliphatic rings. The number of esters is 2. The topological polar surface area (TPSA) is 72.9 Å². The van der Waals surface area contributed by atoms with Gasteiger partial charge in [-0.2, -0.15) is 0 Å². The van der Waals surface area contributed by atoms with E-state index in [9.17, 15) is 14.4 Å². The van der Waals surface area contributed by atoms with E-state index >= 15 is 0 Å². The van der Waals surface area contributed by atoms with E-state index in [0.29, 0.717) is 0 Å². The Morgan fingerprint density at radius 2 is 2.00 bits per heavy atom. The van der Waals surface area contributed by atoms with Crippen molar-refractivity contribution in [2.45, 2.75) is 32.8 Å². The predicted molar refractivity (Wildman–Crippen MR) is 62.5 cm³/mol. The predicted octanol–water partition coefficient (Wildman–Crippen LogP) is 0.350. The maximum atomic E-state index is 11.6. The van der Waals surface area contributed by atoms with Gasteiger partial charge in [0.1, 0.15) is 12.1 Å². The maximum absolute atomic E-state index is 11.6. The molecule has 1 amide bonds. The first kappa shape index (κ1) is 14.5. The van der Waals surface area contributed by atoms with Crippen LogP contribution in [0.25, 0.3) is 0 Å². The van der Waals surface area contributed by atoms with Crippen molar-refractivity contribution in [3.63, 3.8) is 0 Å². The Morgan fingerprint density at radius 1 is 1.39 bits per heavy atom. The fourth-order valence-electron chi connectivity index (χ4n) is 1.78. The van der Waals surface area contributed by atoms with Gasteiger partial charge in [-0.25, -0.2) is 0 Å². The van der Waals surface area contributed by atoms with Crippen LogP contribution in [0, 0.1) is 5.92 Å². The van der Waals surface area contributed by atoms with E-state index in [2.05, 4.69) is 4.74 Å².